The van der Waals surface area contributed by atoms with E-state index in [1.165, 1.54) is 12.1 Å². The van der Waals surface area contributed by atoms with Crippen LogP contribution in [0.4, 0.5) is 18.9 Å². The molecule has 2 aromatic carbocycles. The normalized spacial score (nSPS) is 12.0. The Bertz CT molecular complexity index is 910. The second-order valence-electron chi connectivity index (χ2n) is 4.97. The van der Waals surface area contributed by atoms with Crippen LogP contribution in [0, 0.1) is 0 Å². The number of aromatic amines is 1. The molecule has 24 heavy (non-hydrogen) atoms. The number of hydrogen-bond acceptors (Lipinski definition) is 2. The predicted octanol–water partition coefficient (Wildman–Crippen LogP) is 3.94. The van der Waals surface area contributed by atoms with Crippen LogP contribution in [-0.2, 0) is 6.18 Å². The second-order valence-corrected chi connectivity index (χ2v) is 4.97. The first-order valence-corrected chi connectivity index (χ1v) is 7.03. The summed E-state index contributed by atoms with van der Waals surface area (Å²) in [5.74, 6) is 0. The summed E-state index contributed by atoms with van der Waals surface area (Å²) in [6.45, 7) is 0. The Balaban J connectivity index is 2.12. The van der Waals surface area contributed by atoms with Gasteiger partial charge in [0.1, 0.15) is 0 Å². The van der Waals surface area contributed by atoms with E-state index in [-0.39, 0.29) is 0 Å². The van der Waals surface area contributed by atoms with Gasteiger partial charge in [0.15, 0.2) is 5.69 Å². The lowest BCUT2D eigenvalue weighted by atomic mass is 10.2. The molecule has 1 N–H and O–H groups in total. The number of rotatable bonds is 3. The Morgan fingerprint density at radius 1 is 0.958 bits per heavy atom. The van der Waals surface area contributed by atoms with Gasteiger partial charge < -0.3 is 0 Å². The van der Waals surface area contributed by atoms with Gasteiger partial charge in [-0.25, -0.2) is 4.68 Å². The van der Waals surface area contributed by atoms with Crippen molar-refractivity contribution in [3.63, 3.8) is 0 Å². The van der Waals surface area contributed by atoms with Crippen molar-refractivity contribution in [1.29, 1.82) is 0 Å². The molecule has 0 unspecified atom stereocenters. The van der Waals surface area contributed by atoms with Crippen LogP contribution in [0.2, 0.25) is 0 Å². The van der Waals surface area contributed by atoms with Gasteiger partial charge in [-0.15, -0.1) is 0 Å². The molecule has 0 aliphatic rings. The molecule has 3 rings (SSSR count). The summed E-state index contributed by atoms with van der Waals surface area (Å²) in [5, 5.41) is 2.13. The number of H-pyrrole nitrogens is 1. The molecule has 0 spiro atoms. The van der Waals surface area contributed by atoms with Gasteiger partial charge in [0.05, 0.1) is 16.9 Å². The molecule has 122 valence electrons. The number of para-hydroxylation sites is 2. The first kappa shape index (κ1) is 15.8. The zero-order valence-corrected chi connectivity index (χ0v) is 12.3. The third kappa shape index (κ3) is 3.15. The zero-order valence-electron chi connectivity index (χ0n) is 12.3. The summed E-state index contributed by atoms with van der Waals surface area (Å²) in [7, 11) is 0. The van der Waals surface area contributed by atoms with Gasteiger partial charge in [-0.1, -0.05) is 36.4 Å². The van der Waals surface area contributed by atoms with Crippen LogP contribution in [-0.4, -0.2) is 16.0 Å². The van der Waals surface area contributed by atoms with E-state index in [1.807, 2.05) is 0 Å². The number of aliphatic imine (C=N–C) groups is 1. The van der Waals surface area contributed by atoms with Crippen LogP contribution in [0.25, 0.3) is 5.69 Å². The van der Waals surface area contributed by atoms with E-state index in [0.717, 1.165) is 10.9 Å². The van der Waals surface area contributed by atoms with E-state index >= 15 is 0 Å². The van der Waals surface area contributed by atoms with Crippen molar-refractivity contribution in [2.75, 3.05) is 0 Å². The minimum absolute atomic E-state index is 0.312. The van der Waals surface area contributed by atoms with Crippen LogP contribution < -0.4 is 5.56 Å². The highest BCUT2D eigenvalue weighted by molar-refractivity contribution is 5.83. The SMILES string of the molecule is O=c1c(C=Nc2ccccc2)c(C(F)(F)F)[nH]n1-c1ccccc1. The summed E-state index contributed by atoms with van der Waals surface area (Å²) in [5.41, 5.74) is -1.70. The molecule has 0 saturated carbocycles. The Morgan fingerprint density at radius 2 is 1.54 bits per heavy atom. The maximum absolute atomic E-state index is 13.2. The highest BCUT2D eigenvalue weighted by Crippen LogP contribution is 2.29. The van der Waals surface area contributed by atoms with Crippen molar-refractivity contribution >= 4 is 11.9 Å². The molecule has 1 heterocycles. The van der Waals surface area contributed by atoms with Crippen LogP contribution in [0.1, 0.15) is 11.3 Å². The fourth-order valence-corrected chi connectivity index (χ4v) is 2.20. The first-order chi connectivity index (χ1) is 11.5. The van der Waals surface area contributed by atoms with Gasteiger partial charge in [-0.2, -0.15) is 13.2 Å². The van der Waals surface area contributed by atoms with E-state index < -0.39 is 23.0 Å². The molecule has 0 fully saturated rings. The maximum atomic E-state index is 13.2. The lowest BCUT2D eigenvalue weighted by Crippen LogP contribution is -2.17. The Hall–Kier alpha value is -3.09. The largest absolute Gasteiger partial charge is 0.433 e. The van der Waals surface area contributed by atoms with Crippen LogP contribution in [0.15, 0.2) is 70.5 Å². The molecule has 0 bridgehead atoms. The Kier molecular flexibility index (Phi) is 4.07. The van der Waals surface area contributed by atoms with Gasteiger partial charge >= 0.3 is 6.18 Å². The topological polar surface area (TPSA) is 50.1 Å². The number of aromatic nitrogens is 2. The lowest BCUT2D eigenvalue weighted by molar-refractivity contribution is -0.141. The van der Waals surface area contributed by atoms with Gasteiger partial charge in [0.25, 0.3) is 5.56 Å². The van der Waals surface area contributed by atoms with E-state index in [1.54, 1.807) is 48.5 Å². The van der Waals surface area contributed by atoms with Gasteiger partial charge in [-0.3, -0.25) is 14.9 Å². The Morgan fingerprint density at radius 3 is 2.12 bits per heavy atom. The molecule has 3 aromatic rings. The van der Waals surface area contributed by atoms with Crippen molar-refractivity contribution in [2.24, 2.45) is 4.99 Å². The monoisotopic (exact) mass is 331 g/mol. The molecule has 0 amide bonds. The van der Waals surface area contributed by atoms with Crippen molar-refractivity contribution in [3.05, 3.63) is 82.3 Å². The molecular weight excluding hydrogens is 319 g/mol. The predicted molar refractivity (Wildman–Crippen MR) is 85.1 cm³/mol. The number of nitrogens with one attached hydrogen (secondary N) is 1. The van der Waals surface area contributed by atoms with E-state index in [0.29, 0.717) is 11.4 Å². The standard InChI is InChI=1S/C17H12F3N3O/c18-17(19,20)15-14(11-21-12-7-3-1-4-8-12)16(24)23(22-15)13-9-5-2-6-10-13/h1-11,22H. The smallest absolute Gasteiger partial charge is 0.286 e. The van der Waals surface area contributed by atoms with Crippen molar-refractivity contribution in [3.8, 4) is 5.69 Å². The average Bonchev–Trinajstić information content (AvgIpc) is 2.92. The van der Waals surface area contributed by atoms with E-state index in [4.69, 9.17) is 0 Å². The zero-order chi connectivity index (χ0) is 17.2. The van der Waals surface area contributed by atoms with Gasteiger partial charge in [0, 0.05) is 6.21 Å². The molecule has 4 nitrogen and oxygen atoms in total. The summed E-state index contributed by atoms with van der Waals surface area (Å²) in [4.78, 5) is 16.4. The van der Waals surface area contributed by atoms with Crippen LogP contribution in [0.5, 0.6) is 0 Å². The molecule has 0 aliphatic carbocycles. The highest BCUT2D eigenvalue weighted by atomic mass is 19.4. The minimum atomic E-state index is -4.70. The summed E-state index contributed by atoms with van der Waals surface area (Å²) in [6.07, 6.45) is -3.76. The van der Waals surface area contributed by atoms with Crippen molar-refractivity contribution < 1.29 is 13.2 Å². The van der Waals surface area contributed by atoms with E-state index in [2.05, 4.69) is 10.1 Å². The third-order valence-corrected chi connectivity index (χ3v) is 3.32. The number of benzene rings is 2. The fraction of sp³-hybridized carbons (Fsp3) is 0.0588. The minimum Gasteiger partial charge on any atom is -0.286 e. The summed E-state index contributed by atoms with van der Waals surface area (Å²) in [6, 6.07) is 16.5. The fourth-order valence-electron chi connectivity index (χ4n) is 2.20. The lowest BCUT2D eigenvalue weighted by Gasteiger charge is -2.04. The number of alkyl halides is 3. The third-order valence-electron chi connectivity index (χ3n) is 3.32. The molecule has 0 radical (unpaired) electrons. The van der Waals surface area contributed by atoms with Crippen molar-refractivity contribution in [2.45, 2.75) is 6.18 Å². The maximum Gasteiger partial charge on any atom is 0.433 e. The number of hydrogen-bond donors (Lipinski definition) is 1. The van der Waals surface area contributed by atoms with Gasteiger partial charge in [0.2, 0.25) is 0 Å². The summed E-state index contributed by atoms with van der Waals surface area (Å²) >= 11 is 0. The first-order valence-electron chi connectivity index (χ1n) is 7.03. The molecular formula is C17H12F3N3O. The second kappa shape index (κ2) is 6.19. The molecule has 0 saturated heterocycles. The van der Waals surface area contributed by atoms with Crippen molar-refractivity contribution in [1.82, 2.24) is 9.78 Å². The number of nitrogens with zero attached hydrogens (tertiary/aromatic N) is 2. The summed E-state index contributed by atoms with van der Waals surface area (Å²) < 4.78 is 40.6. The highest BCUT2D eigenvalue weighted by Gasteiger charge is 2.37. The quantitative estimate of drug-likeness (QED) is 0.726. The number of halogens is 3. The van der Waals surface area contributed by atoms with Crippen LogP contribution >= 0.6 is 0 Å². The molecule has 1 aromatic heterocycles. The van der Waals surface area contributed by atoms with E-state index in [9.17, 15) is 18.0 Å². The molecule has 7 heteroatoms. The average molecular weight is 331 g/mol. The van der Waals surface area contributed by atoms with Crippen LogP contribution in [0.3, 0.4) is 0 Å². The Labute approximate surface area is 134 Å². The molecule has 0 aliphatic heterocycles. The van der Waals surface area contributed by atoms with Gasteiger partial charge in [-0.05, 0) is 24.3 Å². The molecule has 0 atom stereocenters.